The van der Waals surface area contributed by atoms with E-state index in [-0.39, 0.29) is 0 Å². The number of aldehydes is 1. The third-order valence-electron chi connectivity index (χ3n) is 2.52. The quantitative estimate of drug-likeness (QED) is 0.458. The molecule has 5 nitrogen and oxygen atoms in total. The molecule has 1 heterocycles. The highest BCUT2D eigenvalue weighted by Gasteiger charge is 2.36. The van der Waals surface area contributed by atoms with Gasteiger partial charge in [-0.15, -0.1) is 0 Å². The van der Waals surface area contributed by atoms with E-state index in [2.05, 4.69) is 5.32 Å². The van der Waals surface area contributed by atoms with Gasteiger partial charge in [0.15, 0.2) is 0 Å². The first-order valence-corrected chi connectivity index (χ1v) is 4.32. The zero-order valence-corrected chi connectivity index (χ0v) is 7.45. The fourth-order valence-electron chi connectivity index (χ4n) is 1.62. The number of primary amides is 1. The van der Waals surface area contributed by atoms with E-state index in [1.54, 1.807) is 0 Å². The van der Waals surface area contributed by atoms with E-state index < -0.39 is 17.4 Å². The van der Waals surface area contributed by atoms with Crippen LogP contribution in [0.2, 0.25) is 0 Å². The fourth-order valence-corrected chi connectivity index (χ4v) is 1.62. The van der Waals surface area contributed by atoms with Crippen LogP contribution in [0.1, 0.15) is 12.8 Å². The highest BCUT2D eigenvalue weighted by Crippen LogP contribution is 2.27. The van der Waals surface area contributed by atoms with Gasteiger partial charge in [0.25, 0.3) is 0 Å². The largest absolute Gasteiger partial charge is 0.368 e. The van der Waals surface area contributed by atoms with E-state index in [1.165, 1.54) is 0 Å². The summed E-state index contributed by atoms with van der Waals surface area (Å²) in [7, 11) is 0. The van der Waals surface area contributed by atoms with Gasteiger partial charge in [-0.2, -0.15) is 0 Å². The van der Waals surface area contributed by atoms with E-state index in [1.807, 2.05) is 0 Å². The summed E-state index contributed by atoms with van der Waals surface area (Å²) < 4.78 is 0. The Hall–Kier alpha value is -0.940. The van der Waals surface area contributed by atoms with Gasteiger partial charge in [-0.05, 0) is 19.4 Å². The summed E-state index contributed by atoms with van der Waals surface area (Å²) in [6, 6.07) is -0.718. The van der Waals surface area contributed by atoms with E-state index >= 15 is 0 Å². The smallest absolute Gasteiger partial charge is 0.234 e. The second-order valence-corrected chi connectivity index (χ2v) is 3.62. The standard InChI is InChI=1S/C8H15N3O2/c9-6(7(10)13)3-8(5-12)1-2-11-4-8/h5-6,11H,1-4,9H2,(H2,10,13)/t6-,8-/m0/s1. The Labute approximate surface area is 76.8 Å². The normalized spacial score (nSPS) is 29.9. The van der Waals surface area contributed by atoms with Crippen LogP contribution < -0.4 is 16.8 Å². The van der Waals surface area contributed by atoms with Crippen LogP contribution in [0.3, 0.4) is 0 Å². The van der Waals surface area contributed by atoms with Gasteiger partial charge >= 0.3 is 0 Å². The highest BCUT2D eigenvalue weighted by molar-refractivity contribution is 5.80. The number of amides is 1. The SMILES string of the molecule is NC(=O)[C@@H](N)C[C@@]1(C=O)CCNC1. The molecule has 0 radical (unpaired) electrons. The molecule has 1 saturated heterocycles. The number of nitrogens with two attached hydrogens (primary N) is 2. The highest BCUT2D eigenvalue weighted by atomic mass is 16.1. The summed E-state index contributed by atoms with van der Waals surface area (Å²) >= 11 is 0. The summed E-state index contributed by atoms with van der Waals surface area (Å²) in [6.45, 7) is 1.39. The summed E-state index contributed by atoms with van der Waals surface area (Å²) in [4.78, 5) is 21.5. The molecule has 5 heteroatoms. The molecule has 0 aliphatic carbocycles. The monoisotopic (exact) mass is 185 g/mol. The Morgan fingerprint density at radius 2 is 2.38 bits per heavy atom. The van der Waals surface area contributed by atoms with Crippen molar-refractivity contribution in [3.05, 3.63) is 0 Å². The number of carbonyl (C=O) groups excluding carboxylic acids is 2. The summed E-state index contributed by atoms with van der Waals surface area (Å²) in [6.07, 6.45) is 1.96. The zero-order valence-electron chi connectivity index (χ0n) is 7.45. The minimum Gasteiger partial charge on any atom is -0.368 e. The minimum absolute atomic E-state index is 0.346. The predicted molar refractivity (Wildman–Crippen MR) is 47.8 cm³/mol. The van der Waals surface area contributed by atoms with Crippen molar-refractivity contribution in [3.8, 4) is 0 Å². The molecule has 2 atom stereocenters. The lowest BCUT2D eigenvalue weighted by atomic mass is 9.82. The first-order valence-electron chi connectivity index (χ1n) is 4.32. The van der Waals surface area contributed by atoms with Crippen LogP contribution in [0, 0.1) is 5.41 Å². The van der Waals surface area contributed by atoms with E-state index in [9.17, 15) is 9.59 Å². The van der Waals surface area contributed by atoms with Crippen molar-refractivity contribution in [3.63, 3.8) is 0 Å². The zero-order chi connectivity index (χ0) is 9.90. The van der Waals surface area contributed by atoms with Crippen LogP contribution in [0.15, 0.2) is 0 Å². The lowest BCUT2D eigenvalue weighted by molar-refractivity contribution is -0.121. The number of hydrogen-bond acceptors (Lipinski definition) is 4. The van der Waals surface area contributed by atoms with Gasteiger partial charge < -0.3 is 21.6 Å². The molecule has 0 unspecified atom stereocenters. The molecule has 1 amide bonds. The Morgan fingerprint density at radius 1 is 1.69 bits per heavy atom. The van der Waals surface area contributed by atoms with Gasteiger partial charge in [0.05, 0.1) is 6.04 Å². The van der Waals surface area contributed by atoms with Crippen molar-refractivity contribution in [1.82, 2.24) is 5.32 Å². The molecule has 0 aromatic rings. The van der Waals surface area contributed by atoms with Gasteiger partial charge in [-0.3, -0.25) is 4.79 Å². The van der Waals surface area contributed by atoms with E-state index in [4.69, 9.17) is 11.5 Å². The Kier molecular flexibility index (Phi) is 3.00. The average molecular weight is 185 g/mol. The van der Waals surface area contributed by atoms with E-state index in [0.717, 1.165) is 19.3 Å². The molecule has 1 aliphatic rings. The van der Waals surface area contributed by atoms with Crippen LogP contribution in [-0.2, 0) is 9.59 Å². The number of nitrogens with one attached hydrogen (secondary N) is 1. The molecule has 1 rings (SSSR count). The molecule has 0 aromatic heterocycles. The second-order valence-electron chi connectivity index (χ2n) is 3.62. The molecule has 0 aromatic carbocycles. The van der Waals surface area contributed by atoms with Crippen molar-refractivity contribution >= 4 is 12.2 Å². The molecule has 5 N–H and O–H groups in total. The molecule has 1 aliphatic heterocycles. The average Bonchev–Trinajstić information content (AvgIpc) is 2.54. The molecule has 74 valence electrons. The van der Waals surface area contributed by atoms with Crippen LogP contribution in [-0.4, -0.2) is 31.3 Å². The van der Waals surface area contributed by atoms with Crippen molar-refractivity contribution in [2.45, 2.75) is 18.9 Å². The topological polar surface area (TPSA) is 98.2 Å². The first kappa shape index (κ1) is 10.1. The number of hydrogen-bond donors (Lipinski definition) is 3. The first-order chi connectivity index (χ1) is 6.09. The summed E-state index contributed by atoms with van der Waals surface area (Å²) in [5.74, 6) is -0.548. The van der Waals surface area contributed by atoms with Gasteiger partial charge in [-0.1, -0.05) is 0 Å². The van der Waals surface area contributed by atoms with Gasteiger partial charge in [0.1, 0.15) is 6.29 Å². The van der Waals surface area contributed by atoms with Crippen molar-refractivity contribution in [2.75, 3.05) is 13.1 Å². The Balaban J connectivity index is 2.57. The van der Waals surface area contributed by atoms with Crippen molar-refractivity contribution < 1.29 is 9.59 Å². The maximum absolute atomic E-state index is 10.8. The van der Waals surface area contributed by atoms with Crippen molar-refractivity contribution in [1.29, 1.82) is 0 Å². The molecule has 1 fully saturated rings. The Bertz CT molecular complexity index is 211. The maximum Gasteiger partial charge on any atom is 0.234 e. The molecule has 0 saturated carbocycles. The molecule has 0 bridgehead atoms. The maximum atomic E-state index is 10.8. The molecular formula is C8H15N3O2. The third kappa shape index (κ3) is 2.26. The van der Waals surface area contributed by atoms with Gasteiger partial charge in [0.2, 0.25) is 5.91 Å². The molecular weight excluding hydrogens is 170 g/mol. The third-order valence-corrected chi connectivity index (χ3v) is 2.52. The Morgan fingerprint density at radius 3 is 2.77 bits per heavy atom. The fraction of sp³-hybridized carbons (Fsp3) is 0.750. The van der Waals surface area contributed by atoms with Crippen LogP contribution in [0.5, 0.6) is 0 Å². The second kappa shape index (κ2) is 3.85. The lowest BCUT2D eigenvalue weighted by Crippen LogP contribution is -2.42. The van der Waals surface area contributed by atoms with Crippen LogP contribution >= 0.6 is 0 Å². The van der Waals surface area contributed by atoms with Gasteiger partial charge in [-0.25, -0.2) is 0 Å². The number of rotatable bonds is 4. The van der Waals surface area contributed by atoms with Crippen LogP contribution in [0.25, 0.3) is 0 Å². The van der Waals surface area contributed by atoms with E-state index in [0.29, 0.717) is 13.0 Å². The van der Waals surface area contributed by atoms with Gasteiger partial charge in [0, 0.05) is 12.0 Å². The van der Waals surface area contributed by atoms with Crippen molar-refractivity contribution in [2.24, 2.45) is 16.9 Å². The van der Waals surface area contributed by atoms with Crippen LogP contribution in [0.4, 0.5) is 0 Å². The number of carbonyl (C=O) groups is 2. The lowest BCUT2D eigenvalue weighted by Gasteiger charge is -2.23. The molecule has 13 heavy (non-hydrogen) atoms. The summed E-state index contributed by atoms with van der Waals surface area (Å²) in [5.41, 5.74) is 10.0. The molecule has 0 spiro atoms. The predicted octanol–water partition coefficient (Wildman–Crippen LogP) is -1.63. The minimum atomic E-state index is -0.718. The summed E-state index contributed by atoms with van der Waals surface area (Å²) in [5, 5.41) is 3.07.